The number of carbonyl (C=O) groups excluding carboxylic acids is 2. The second kappa shape index (κ2) is 11.1. The second-order valence-corrected chi connectivity index (χ2v) is 7.99. The van der Waals surface area contributed by atoms with Crippen molar-refractivity contribution < 1.29 is 19.4 Å². The Morgan fingerprint density at radius 1 is 1.06 bits per heavy atom. The third-order valence-corrected chi connectivity index (χ3v) is 5.46. The van der Waals surface area contributed by atoms with Gasteiger partial charge in [0.1, 0.15) is 24.0 Å². The fourth-order valence-electron chi connectivity index (χ4n) is 2.96. The number of carbonyl (C=O) groups is 2. The number of amides is 1. The Morgan fingerprint density at radius 2 is 1.73 bits per heavy atom. The van der Waals surface area contributed by atoms with Crippen molar-refractivity contribution in [1.82, 2.24) is 0 Å². The standard InChI is InChI=1S/C26H21BrN2O4/c1-2-17-5-10-22(11-6-17)29-25(30)21(15-28)13-19-7-12-24(23(27)14-19)33-16-18-3-8-20(9-4-18)26(31)32/h3-14H,2,16H2,1H3,(H,29,30)(H,31,32)/p-1/b21-13+. The van der Waals surface area contributed by atoms with Crippen LogP contribution in [-0.4, -0.2) is 11.9 Å². The van der Waals surface area contributed by atoms with Crippen LogP contribution in [0, 0.1) is 11.3 Å². The summed E-state index contributed by atoms with van der Waals surface area (Å²) in [6.45, 7) is 2.29. The number of hydrogen-bond donors (Lipinski definition) is 1. The van der Waals surface area contributed by atoms with Gasteiger partial charge in [-0.2, -0.15) is 5.26 Å². The number of ether oxygens (including phenoxy) is 1. The average molecular weight is 504 g/mol. The van der Waals surface area contributed by atoms with Crippen LogP contribution >= 0.6 is 15.9 Å². The lowest BCUT2D eigenvalue weighted by Crippen LogP contribution is -2.22. The fourth-order valence-corrected chi connectivity index (χ4v) is 3.47. The van der Waals surface area contributed by atoms with Crippen LogP contribution in [0.5, 0.6) is 5.75 Å². The SMILES string of the molecule is CCc1ccc(NC(=O)/C(C#N)=C/c2ccc(OCc3ccc(C(=O)[O-])cc3)c(Br)c2)cc1. The molecule has 0 spiro atoms. The van der Waals surface area contributed by atoms with E-state index in [0.717, 1.165) is 17.5 Å². The van der Waals surface area contributed by atoms with Gasteiger partial charge in [-0.05, 0) is 74.9 Å². The van der Waals surface area contributed by atoms with E-state index in [-0.39, 0.29) is 17.7 Å². The number of nitriles is 1. The van der Waals surface area contributed by atoms with Crippen LogP contribution in [0.1, 0.15) is 34.0 Å². The van der Waals surface area contributed by atoms with E-state index in [9.17, 15) is 20.0 Å². The van der Waals surface area contributed by atoms with E-state index in [1.54, 1.807) is 42.5 Å². The van der Waals surface area contributed by atoms with E-state index >= 15 is 0 Å². The summed E-state index contributed by atoms with van der Waals surface area (Å²) in [5.74, 6) is -1.15. The first kappa shape index (κ1) is 23.8. The third kappa shape index (κ3) is 6.55. The predicted octanol–water partition coefficient (Wildman–Crippen LogP) is 4.50. The Labute approximate surface area is 200 Å². The number of anilines is 1. The molecule has 0 aromatic heterocycles. The van der Waals surface area contributed by atoms with Crippen molar-refractivity contribution in [3.63, 3.8) is 0 Å². The number of carboxylic acids is 1. The zero-order valence-corrected chi connectivity index (χ0v) is 19.4. The number of nitrogens with one attached hydrogen (secondary N) is 1. The van der Waals surface area contributed by atoms with Crippen LogP contribution in [-0.2, 0) is 17.8 Å². The monoisotopic (exact) mass is 503 g/mol. The summed E-state index contributed by atoms with van der Waals surface area (Å²) >= 11 is 3.44. The van der Waals surface area contributed by atoms with E-state index in [1.165, 1.54) is 18.2 Å². The zero-order valence-electron chi connectivity index (χ0n) is 17.8. The minimum absolute atomic E-state index is 0.0249. The molecule has 0 aliphatic heterocycles. The highest BCUT2D eigenvalue weighted by molar-refractivity contribution is 9.10. The van der Waals surface area contributed by atoms with Crippen molar-refractivity contribution in [1.29, 1.82) is 5.26 Å². The molecule has 166 valence electrons. The van der Waals surface area contributed by atoms with Crippen LogP contribution in [0.15, 0.2) is 76.8 Å². The molecule has 0 radical (unpaired) electrons. The largest absolute Gasteiger partial charge is 0.545 e. The molecular formula is C26H20BrN2O4-. The molecule has 0 heterocycles. The molecule has 1 N–H and O–H groups in total. The third-order valence-electron chi connectivity index (χ3n) is 4.84. The van der Waals surface area contributed by atoms with Gasteiger partial charge in [-0.25, -0.2) is 0 Å². The van der Waals surface area contributed by atoms with Crippen molar-refractivity contribution in [2.75, 3.05) is 5.32 Å². The minimum Gasteiger partial charge on any atom is -0.545 e. The van der Waals surface area contributed by atoms with E-state index < -0.39 is 11.9 Å². The van der Waals surface area contributed by atoms with Gasteiger partial charge in [0.2, 0.25) is 0 Å². The van der Waals surface area contributed by atoms with Crippen molar-refractivity contribution >= 4 is 39.6 Å². The molecule has 0 aliphatic rings. The van der Waals surface area contributed by atoms with Gasteiger partial charge in [-0.15, -0.1) is 0 Å². The zero-order chi connectivity index (χ0) is 23.8. The Morgan fingerprint density at radius 3 is 2.30 bits per heavy atom. The van der Waals surface area contributed by atoms with Gasteiger partial charge in [0.25, 0.3) is 5.91 Å². The lowest BCUT2D eigenvalue weighted by molar-refractivity contribution is -0.255. The van der Waals surface area contributed by atoms with Crippen LogP contribution in [0.3, 0.4) is 0 Å². The van der Waals surface area contributed by atoms with Crippen LogP contribution in [0.4, 0.5) is 5.69 Å². The summed E-state index contributed by atoms with van der Waals surface area (Å²) in [6.07, 6.45) is 2.41. The molecule has 3 aromatic rings. The summed E-state index contributed by atoms with van der Waals surface area (Å²) < 4.78 is 6.43. The second-order valence-electron chi connectivity index (χ2n) is 7.14. The number of aromatic carboxylic acids is 1. The van der Waals surface area contributed by atoms with Crippen LogP contribution < -0.4 is 15.2 Å². The van der Waals surface area contributed by atoms with Gasteiger partial charge in [-0.3, -0.25) is 4.79 Å². The van der Waals surface area contributed by atoms with Crippen molar-refractivity contribution in [2.45, 2.75) is 20.0 Å². The number of nitrogens with zero attached hydrogens (tertiary/aromatic N) is 1. The smallest absolute Gasteiger partial charge is 0.266 e. The van der Waals surface area contributed by atoms with Gasteiger partial charge >= 0.3 is 0 Å². The number of aryl methyl sites for hydroxylation is 1. The molecule has 7 heteroatoms. The lowest BCUT2D eigenvalue weighted by Gasteiger charge is -2.10. The molecule has 0 saturated heterocycles. The topological polar surface area (TPSA) is 102 Å². The maximum Gasteiger partial charge on any atom is 0.266 e. The van der Waals surface area contributed by atoms with Gasteiger partial charge in [-0.1, -0.05) is 49.4 Å². The van der Waals surface area contributed by atoms with E-state index in [2.05, 4.69) is 28.2 Å². The molecule has 3 rings (SSSR count). The molecule has 0 fully saturated rings. The van der Waals surface area contributed by atoms with Crippen molar-refractivity contribution in [2.24, 2.45) is 0 Å². The van der Waals surface area contributed by atoms with Gasteiger partial charge < -0.3 is 20.0 Å². The number of benzene rings is 3. The summed E-state index contributed by atoms with van der Waals surface area (Å²) in [6, 6.07) is 20.9. The number of halogens is 1. The van der Waals surface area contributed by atoms with Gasteiger partial charge in [0.15, 0.2) is 0 Å². The van der Waals surface area contributed by atoms with Crippen molar-refractivity contribution in [3.8, 4) is 11.8 Å². The average Bonchev–Trinajstić information content (AvgIpc) is 2.82. The Bertz CT molecular complexity index is 1230. The quantitative estimate of drug-likeness (QED) is 0.360. The highest BCUT2D eigenvalue weighted by Gasteiger charge is 2.11. The highest BCUT2D eigenvalue weighted by atomic mass is 79.9. The Kier molecular flexibility index (Phi) is 8.01. The Hall–Kier alpha value is -3.89. The maximum absolute atomic E-state index is 12.5. The summed E-state index contributed by atoms with van der Waals surface area (Å²) in [4.78, 5) is 23.3. The number of hydrogen-bond acceptors (Lipinski definition) is 5. The molecule has 1 amide bonds. The van der Waals surface area contributed by atoms with Gasteiger partial charge in [0.05, 0.1) is 10.4 Å². The molecule has 0 saturated carbocycles. The van der Waals surface area contributed by atoms with E-state index in [1.807, 2.05) is 18.2 Å². The minimum atomic E-state index is -1.23. The summed E-state index contributed by atoms with van der Waals surface area (Å²) in [7, 11) is 0. The van der Waals surface area contributed by atoms with Crippen molar-refractivity contribution in [3.05, 3.63) is 99.0 Å². The molecule has 6 nitrogen and oxygen atoms in total. The summed E-state index contributed by atoms with van der Waals surface area (Å²) in [5.41, 5.74) is 3.31. The molecule has 0 unspecified atom stereocenters. The summed E-state index contributed by atoms with van der Waals surface area (Å²) in [5, 5.41) is 23.0. The first-order valence-corrected chi connectivity index (χ1v) is 10.9. The first-order chi connectivity index (χ1) is 15.9. The molecule has 3 aromatic carbocycles. The lowest BCUT2D eigenvalue weighted by atomic mass is 10.1. The van der Waals surface area contributed by atoms with E-state index in [0.29, 0.717) is 21.5 Å². The molecule has 33 heavy (non-hydrogen) atoms. The van der Waals surface area contributed by atoms with E-state index in [4.69, 9.17) is 4.74 Å². The number of carboxylic acid groups (broad SMARTS) is 1. The Balaban J connectivity index is 1.67. The number of rotatable bonds is 8. The highest BCUT2D eigenvalue weighted by Crippen LogP contribution is 2.28. The van der Waals surface area contributed by atoms with Crippen LogP contribution in [0.25, 0.3) is 6.08 Å². The fraction of sp³-hybridized carbons (Fsp3) is 0.115. The molecule has 0 aliphatic carbocycles. The van der Waals surface area contributed by atoms with Crippen LogP contribution in [0.2, 0.25) is 0 Å². The normalized spacial score (nSPS) is 10.9. The van der Waals surface area contributed by atoms with Gasteiger partial charge in [0, 0.05) is 5.69 Å². The molecular weight excluding hydrogens is 484 g/mol. The maximum atomic E-state index is 12.5. The molecule has 0 bridgehead atoms. The first-order valence-electron chi connectivity index (χ1n) is 10.1. The predicted molar refractivity (Wildman–Crippen MR) is 127 cm³/mol. The molecule has 0 atom stereocenters.